The summed E-state index contributed by atoms with van der Waals surface area (Å²) in [6.07, 6.45) is 4.98. The van der Waals surface area contributed by atoms with Crippen LogP contribution in [0.1, 0.15) is 45.1 Å². The first-order valence-corrected chi connectivity index (χ1v) is 7.91. The molecular weight excluding hydrogens is 274 g/mol. The lowest BCUT2D eigenvalue weighted by molar-refractivity contribution is -0.136. The highest BCUT2D eigenvalue weighted by Crippen LogP contribution is 2.44. The average Bonchev–Trinajstić information content (AvgIpc) is 2.47. The first-order valence-electron chi connectivity index (χ1n) is 7.91. The Morgan fingerprint density at radius 2 is 1.95 bits per heavy atom. The van der Waals surface area contributed by atoms with Crippen LogP contribution in [0.2, 0.25) is 0 Å². The van der Waals surface area contributed by atoms with Gasteiger partial charge in [0, 0.05) is 18.2 Å². The van der Waals surface area contributed by atoms with Crippen LogP contribution in [-0.2, 0) is 11.2 Å². The van der Waals surface area contributed by atoms with Crippen LogP contribution in [0.4, 0.5) is 5.69 Å². The number of nitrogens with zero attached hydrogens (tertiary/aromatic N) is 1. The third-order valence-electron chi connectivity index (χ3n) is 4.60. The molecule has 4 nitrogen and oxygen atoms in total. The molecule has 0 radical (unpaired) electrons. The summed E-state index contributed by atoms with van der Waals surface area (Å²) >= 11 is 0. The van der Waals surface area contributed by atoms with E-state index in [9.17, 15) is 4.79 Å². The van der Waals surface area contributed by atoms with E-state index in [0.29, 0.717) is 0 Å². The third kappa shape index (κ3) is 3.59. The summed E-state index contributed by atoms with van der Waals surface area (Å²) in [6.45, 7) is 3.70. The van der Waals surface area contributed by atoms with E-state index in [-0.39, 0.29) is 11.3 Å². The van der Waals surface area contributed by atoms with Gasteiger partial charge in [0.15, 0.2) is 0 Å². The van der Waals surface area contributed by atoms with E-state index in [1.807, 2.05) is 26.0 Å². The third-order valence-corrected chi connectivity index (χ3v) is 4.60. The monoisotopic (exact) mass is 299 g/mol. The van der Waals surface area contributed by atoms with Crippen LogP contribution in [0.25, 0.3) is 0 Å². The van der Waals surface area contributed by atoms with E-state index in [1.54, 1.807) is 7.05 Å². The molecule has 0 aromatic heterocycles. The van der Waals surface area contributed by atoms with Crippen molar-refractivity contribution in [2.45, 2.75) is 51.5 Å². The number of nitriles is 1. The van der Waals surface area contributed by atoms with Crippen molar-refractivity contribution in [3.05, 3.63) is 29.8 Å². The molecule has 0 unspecified atom stereocenters. The van der Waals surface area contributed by atoms with Crippen molar-refractivity contribution in [2.24, 2.45) is 5.41 Å². The van der Waals surface area contributed by atoms with E-state index in [1.165, 1.54) is 5.56 Å². The summed E-state index contributed by atoms with van der Waals surface area (Å²) < 4.78 is 0. The first kappa shape index (κ1) is 16.4. The summed E-state index contributed by atoms with van der Waals surface area (Å²) in [5.41, 5.74) is 1.46. The fourth-order valence-corrected chi connectivity index (χ4v) is 2.99. The van der Waals surface area contributed by atoms with Crippen molar-refractivity contribution in [3.8, 4) is 6.07 Å². The molecule has 0 saturated heterocycles. The van der Waals surface area contributed by atoms with Crippen LogP contribution >= 0.6 is 0 Å². The molecule has 118 valence electrons. The molecule has 1 aromatic rings. The minimum atomic E-state index is -0.573. The predicted molar refractivity (Wildman–Crippen MR) is 88.4 cm³/mol. The van der Waals surface area contributed by atoms with E-state index in [0.717, 1.165) is 37.8 Å². The number of hydrogen-bond acceptors (Lipinski definition) is 3. The van der Waals surface area contributed by atoms with Crippen molar-refractivity contribution < 1.29 is 4.79 Å². The molecule has 4 heteroatoms. The number of hydrogen-bond donors (Lipinski definition) is 2. The van der Waals surface area contributed by atoms with Crippen LogP contribution < -0.4 is 10.6 Å². The number of rotatable bonds is 6. The molecule has 2 rings (SSSR count). The smallest absolute Gasteiger partial charge is 0.225 e. The quantitative estimate of drug-likeness (QED) is 0.847. The van der Waals surface area contributed by atoms with E-state index >= 15 is 0 Å². The van der Waals surface area contributed by atoms with Crippen LogP contribution in [0, 0.1) is 16.7 Å². The molecule has 0 heterocycles. The van der Waals surface area contributed by atoms with Gasteiger partial charge in [-0.15, -0.1) is 0 Å². The zero-order valence-electron chi connectivity index (χ0n) is 13.7. The fraction of sp³-hybridized carbons (Fsp3) is 0.556. The Morgan fingerprint density at radius 3 is 2.41 bits per heavy atom. The van der Waals surface area contributed by atoms with Gasteiger partial charge in [0.2, 0.25) is 5.91 Å². The topological polar surface area (TPSA) is 64.9 Å². The highest BCUT2D eigenvalue weighted by molar-refractivity contribution is 5.83. The van der Waals surface area contributed by atoms with Crippen LogP contribution in [0.3, 0.4) is 0 Å². The first-order chi connectivity index (χ1) is 10.4. The van der Waals surface area contributed by atoms with Gasteiger partial charge in [-0.05, 0) is 57.2 Å². The molecule has 0 bridgehead atoms. The molecule has 22 heavy (non-hydrogen) atoms. The van der Waals surface area contributed by atoms with Gasteiger partial charge < -0.3 is 10.6 Å². The summed E-state index contributed by atoms with van der Waals surface area (Å²) in [6, 6.07) is 10.4. The van der Waals surface area contributed by atoms with Crippen LogP contribution in [0.15, 0.2) is 24.3 Å². The molecule has 1 aromatic carbocycles. The number of benzene rings is 1. The summed E-state index contributed by atoms with van der Waals surface area (Å²) in [7, 11) is 1.72. The maximum atomic E-state index is 12.0. The number of carbonyl (C=O) groups excluding carboxylic acids is 1. The number of aryl methyl sites for hydroxylation is 1. The van der Waals surface area contributed by atoms with Crippen molar-refractivity contribution in [1.29, 1.82) is 5.26 Å². The van der Waals surface area contributed by atoms with Gasteiger partial charge in [0.25, 0.3) is 0 Å². The lowest BCUT2D eigenvalue weighted by atomic mass is 9.65. The van der Waals surface area contributed by atoms with Gasteiger partial charge in [-0.1, -0.05) is 18.6 Å². The van der Waals surface area contributed by atoms with Gasteiger partial charge in [-0.3, -0.25) is 4.79 Å². The minimum absolute atomic E-state index is 0.144. The Morgan fingerprint density at radius 1 is 1.32 bits per heavy atom. The molecular formula is C18H25N3O. The Hall–Kier alpha value is -2.02. The Labute approximate surface area is 132 Å². The van der Waals surface area contributed by atoms with E-state index in [4.69, 9.17) is 5.26 Å². The second-order valence-corrected chi connectivity index (χ2v) is 6.77. The van der Waals surface area contributed by atoms with Gasteiger partial charge in [-0.2, -0.15) is 5.26 Å². The normalized spacial score (nSPS) is 16.3. The molecule has 1 aliphatic carbocycles. The molecule has 0 aliphatic heterocycles. The van der Waals surface area contributed by atoms with E-state index < -0.39 is 5.54 Å². The summed E-state index contributed by atoms with van der Waals surface area (Å²) in [4.78, 5) is 12.0. The number of carbonyl (C=O) groups is 1. The van der Waals surface area contributed by atoms with Gasteiger partial charge >= 0.3 is 0 Å². The van der Waals surface area contributed by atoms with Crippen molar-refractivity contribution in [3.63, 3.8) is 0 Å². The zero-order valence-corrected chi connectivity index (χ0v) is 13.7. The van der Waals surface area contributed by atoms with Gasteiger partial charge in [0.1, 0.15) is 5.54 Å². The summed E-state index contributed by atoms with van der Waals surface area (Å²) in [5, 5.41) is 15.0. The molecule has 1 aliphatic rings. The molecule has 0 atom stereocenters. The average molecular weight is 299 g/mol. The fourth-order valence-electron chi connectivity index (χ4n) is 2.99. The van der Waals surface area contributed by atoms with Crippen molar-refractivity contribution in [2.75, 3.05) is 12.4 Å². The lowest BCUT2D eigenvalue weighted by Gasteiger charge is -2.40. The number of nitrogens with one attached hydrogen (secondary N) is 2. The maximum absolute atomic E-state index is 12.0. The molecule has 1 saturated carbocycles. The number of amides is 1. The maximum Gasteiger partial charge on any atom is 0.225 e. The van der Waals surface area contributed by atoms with Crippen molar-refractivity contribution in [1.82, 2.24) is 5.32 Å². The molecule has 1 fully saturated rings. The Bertz CT molecular complexity index is 565. The van der Waals surface area contributed by atoms with E-state index in [2.05, 4.69) is 28.8 Å². The number of anilines is 1. The lowest BCUT2D eigenvalue weighted by Crippen LogP contribution is -2.44. The second kappa shape index (κ2) is 6.39. The second-order valence-electron chi connectivity index (χ2n) is 6.77. The minimum Gasteiger partial charge on any atom is -0.368 e. The SMILES string of the molecule is CNC(=O)C1(CCc2ccc(NC(C)(C)C#N)cc2)CCC1. The standard InChI is InChI=1S/C18H25N3O/c1-17(2,13-19)21-15-7-5-14(6-8-15)9-12-18(10-4-11-18)16(22)20-3/h5-8,21H,4,9-12H2,1-3H3,(H,20,22). The summed E-state index contributed by atoms with van der Waals surface area (Å²) in [5.74, 6) is 0.188. The zero-order chi connectivity index (χ0) is 16.2. The molecule has 1 amide bonds. The Kier molecular flexibility index (Phi) is 4.75. The van der Waals surface area contributed by atoms with Gasteiger partial charge in [0.05, 0.1) is 6.07 Å². The van der Waals surface area contributed by atoms with Crippen LogP contribution in [-0.4, -0.2) is 18.5 Å². The molecule has 2 N–H and O–H groups in total. The van der Waals surface area contributed by atoms with Crippen LogP contribution in [0.5, 0.6) is 0 Å². The van der Waals surface area contributed by atoms with Gasteiger partial charge in [-0.25, -0.2) is 0 Å². The Balaban J connectivity index is 1.95. The highest BCUT2D eigenvalue weighted by atomic mass is 16.2. The largest absolute Gasteiger partial charge is 0.368 e. The highest BCUT2D eigenvalue weighted by Gasteiger charge is 2.42. The molecule has 0 spiro atoms. The predicted octanol–water partition coefficient (Wildman–Crippen LogP) is 3.25. The van der Waals surface area contributed by atoms with Crippen molar-refractivity contribution >= 4 is 11.6 Å².